The Hall–Kier alpha value is -0.960. The van der Waals surface area contributed by atoms with Crippen LogP contribution < -0.4 is 0 Å². The molecule has 0 amide bonds. The smallest absolute Gasteiger partial charge is 0.173 e. The van der Waals surface area contributed by atoms with Gasteiger partial charge in [-0.1, -0.05) is 28.1 Å². The lowest BCUT2D eigenvalue weighted by Gasteiger charge is -2.15. The fourth-order valence-corrected chi connectivity index (χ4v) is 2.18. The lowest BCUT2D eigenvalue weighted by molar-refractivity contribution is -0.118. The first-order chi connectivity index (χ1) is 7.20. The summed E-state index contributed by atoms with van der Waals surface area (Å²) in [5.41, 5.74) is 2.97. The van der Waals surface area contributed by atoms with Crippen LogP contribution in [0, 0.1) is 0 Å². The number of fused-ring (bicyclic) bond motifs is 1. The highest BCUT2D eigenvalue weighted by Crippen LogP contribution is 2.20. The molecule has 1 aliphatic carbocycles. The van der Waals surface area contributed by atoms with Gasteiger partial charge in [-0.25, -0.2) is 0 Å². The van der Waals surface area contributed by atoms with Crippen LogP contribution >= 0.6 is 15.9 Å². The quantitative estimate of drug-likeness (QED) is 0.608. The van der Waals surface area contributed by atoms with Crippen molar-refractivity contribution >= 4 is 27.5 Å². The highest BCUT2D eigenvalue weighted by molar-refractivity contribution is 9.09. The van der Waals surface area contributed by atoms with Gasteiger partial charge in [0, 0.05) is 18.4 Å². The minimum atomic E-state index is 0.0923. The monoisotopic (exact) mass is 266 g/mol. The molecule has 1 aromatic rings. The highest BCUT2D eigenvalue weighted by Gasteiger charge is 2.16. The molecule has 0 radical (unpaired) electrons. The van der Waals surface area contributed by atoms with Gasteiger partial charge < -0.3 is 0 Å². The van der Waals surface area contributed by atoms with E-state index in [1.165, 1.54) is 0 Å². The van der Waals surface area contributed by atoms with Crippen LogP contribution in [0.15, 0.2) is 18.2 Å². The number of hydrogen-bond donors (Lipinski definition) is 0. The van der Waals surface area contributed by atoms with Crippen LogP contribution in [0.3, 0.4) is 0 Å². The first kappa shape index (κ1) is 10.6. The summed E-state index contributed by atoms with van der Waals surface area (Å²) in [5.74, 6) is 0.386. The average molecular weight is 267 g/mol. The van der Waals surface area contributed by atoms with E-state index in [4.69, 9.17) is 0 Å². The molecule has 3 heteroatoms. The van der Waals surface area contributed by atoms with Gasteiger partial charge in [0.15, 0.2) is 5.78 Å². The van der Waals surface area contributed by atoms with E-state index in [0.717, 1.165) is 23.1 Å². The number of alkyl halides is 1. The number of Topliss-reactive ketones (excluding diaryl/α,β-unsaturated/α-hetero) is 2. The predicted octanol–water partition coefficient (Wildman–Crippen LogP) is 2.32. The maximum absolute atomic E-state index is 11.4. The molecule has 0 saturated carbocycles. The topological polar surface area (TPSA) is 34.1 Å². The lowest BCUT2D eigenvalue weighted by atomic mass is 9.89. The van der Waals surface area contributed by atoms with Gasteiger partial charge in [-0.3, -0.25) is 9.59 Å². The van der Waals surface area contributed by atoms with Crippen LogP contribution in [-0.4, -0.2) is 16.9 Å². The van der Waals surface area contributed by atoms with E-state index in [1.807, 2.05) is 12.1 Å². The van der Waals surface area contributed by atoms with Crippen molar-refractivity contribution in [2.24, 2.45) is 0 Å². The van der Waals surface area contributed by atoms with Crippen molar-refractivity contribution in [3.05, 3.63) is 34.9 Å². The van der Waals surface area contributed by atoms with Crippen LogP contribution in [-0.2, 0) is 17.6 Å². The molecule has 0 fully saturated rings. The van der Waals surface area contributed by atoms with Crippen LogP contribution in [0.4, 0.5) is 0 Å². The fraction of sp³-hybridized carbons (Fsp3) is 0.333. The van der Waals surface area contributed by atoms with Crippen LogP contribution in [0.5, 0.6) is 0 Å². The number of benzene rings is 1. The number of carbonyl (C=O) groups excluding carboxylic acids is 2. The first-order valence-corrected chi connectivity index (χ1v) is 6.05. The summed E-state index contributed by atoms with van der Waals surface area (Å²) in [5, 5.41) is 0.352. The van der Waals surface area contributed by atoms with Crippen molar-refractivity contribution in [1.29, 1.82) is 0 Å². The zero-order valence-electron chi connectivity index (χ0n) is 8.25. The molecule has 0 heterocycles. The molecule has 0 N–H and O–H groups in total. The first-order valence-electron chi connectivity index (χ1n) is 4.93. The van der Waals surface area contributed by atoms with Gasteiger partial charge in [-0.05, 0) is 23.6 Å². The normalized spacial score (nSPS) is 14.9. The third kappa shape index (κ3) is 2.17. The number of rotatable bonds is 2. The maximum atomic E-state index is 11.4. The Labute approximate surface area is 96.8 Å². The van der Waals surface area contributed by atoms with Crippen LogP contribution in [0.1, 0.15) is 27.9 Å². The molecular formula is C12H11BrO2. The summed E-state index contributed by atoms with van der Waals surface area (Å²) in [6.07, 6.45) is 1.91. The van der Waals surface area contributed by atoms with E-state index >= 15 is 0 Å². The molecule has 0 spiro atoms. The van der Waals surface area contributed by atoms with Gasteiger partial charge in [-0.2, -0.15) is 0 Å². The minimum absolute atomic E-state index is 0.0923. The fourth-order valence-electron chi connectivity index (χ4n) is 1.86. The van der Waals surface area contributed by atoms with Crippen molar-refractivity contribution in [2.75, 3.05) is 5.33 Å². The average Bonchev–Trinajstić information content (AvgIpc) is 2.27. The molecule has 0 aromatic heterocycles. The number of halogens is 1. The van der Waals surface area contributed by atoms with Crippen molar-refractivity contribution in [3.8, 4) is 0 Å². The third-order valence-electron chi connectivity index (χ3n) is 2.71. The molecule has 0 bridgehead atoms. The predicted molar refractivity (Wildman–Crippen MR) is 61.6 cm³/mol. The van der Waals surface area contributed by atoms with Gasteiger partial charge >= 0.3 is 0 Å². The van der Waals surface area contributed by atoms with E-state index in [2.05, 4.69) is 15.9 Å². The summed E-state index contributed by atoms with van der Waals surface area (Å²) in [6, 6.07) is 5.63. The summed E-state index contributed by atoms with van der Waals surface area (Å²) in [6.45, 7) is 0. The second-order valence-corrected chi connectivity index (χ2v) is 4.32. The molecule has 2 nitrogen and oxygen atoms in total. The van der Waals surface area contributed by atoms with Gasteiger partial charge in [0.2, 0.25) is 0 Å². The Kier molecular flexibility index (Phi) is 3.00. The van der Waals surface area contributed by atoms with E-state index in [1.54, 1.807) is 6.07 Å². The molecule has 0 aliphatic heterocycles. The van der Waals surface area contributed by atoms with Crippen molar-refractivity contribution in [3.63, 3.8) is 0 Å². The summed E-state index contributed by atoms with van der Waals surface area (Å²) >= 11 is 3.15. The van der Waals surface area contributed by atoms with E-state index in [0.29, 0.717) is 24.0 Å². The maximum Gasteiger partial charge on any atom is 0.173 e. The molecule has 1 aliphatic rings. The van der Waals surface area contributed by atoms with Crippen molar-refractivity contribution in [2.45, 2.75) is 19.3 Å². The van der Waals surface area contributed by atoms with E-state index in [-0.39, 0.29) is 5.78 Å². The minimum Gasteiger partial charge on any atom is -0.299 e. The summed E-state index contributed by atoms with van der Waals surface area (Å²) in [4.78, 5) is 22.7. The van der Waals surface area contributed by atoms with Crippen molar-refractivity contribution < 1.29 is 9.59 Å². The molecule has 15 heavy (non-hydrogen) atoms. The SMILES string of the molecule is O=C1CCc2cc(C(=O)CBr)ccc2C1. The highest BCUT2D eigenvalue weighted by atomic mass is 79.9. The molecule has 0 saturated heterocycles. The lowest BCUT2D eigenvalue weighted by Crippen LogP contribution is -2.14. The molecular weight excluding hydrogens is 256 g/mol. The van der Waals surface area contributed by atoms with Gasteiger partial charge in [0.1, 0.15) is 5.78 Å². The Morgan fingerprint density at radius 3 is 2.80 bits per heavy atom. The largest absolute Gasteiger partial charge is 0.299 e. The summed E-state index contributed by atoms with van der Waals surface area (Å²) in [7, 11) is 0. The number of aryl methyl sites for hydroxylation is 1. The number of ketones is 2. The summed E-state index contributed by atoms with van der Waals surface area (Å²) < 4.78 is 0. The van der Waals surface area contributed by atoms with E-state index in [9.17, 15) is 9.59 Å². The number of hydrogen-bond acceptors (Lipinski definition) is 2. The third-order valence-corrected chi connectivity index (χ3v) is 3.22. The second kappa shape index (κ2) is 4.27. The number of carbonyl (C=O) groups is 2. The van der Waals surface area contributed by atoms with Gasteiger partial charge in [0.05, 0.1) is 5.33 Å². The van der Waals surface area contributed by atoms with Crippen LogP contribution in [0.2, 0.25) is 0 Å². The van der Waals surface area contributed by atoms with Crippen LogP contribution in [0.25, 0.3) is 0 Å². The molecule has 0 atom stereocenters. The van der Waals surface area contributed by atoms with E-state index < -0.39 is 0 Å². The van der Waals surface area contributed by atoms with Crippen molar-refractivity contribution in [1.82, 2.24) is 0 Å². The second-order valence-electron chi connectivity index (χ2n) is 3.76. The molecule has 1 aromatic carbocycles. The Morgan fingerprint density at radius 2 is 2.07 bits per heavy atom. The zero-order chi connectivity index (χ0) is 10.8. The van der Waals surface area contributed by atoms with Gasteiger partial charge in [-0.15, -0.1) is 0 Å². The zero-order valence-corrected chi connectivity index (χ0v) is 9.84. The standard InChI is InChI=1S/C12H11BrO2/c13-7-12(15)10-2-1-9-6-11(14)4-3-8(9)5-10/h1-2,5H,3-4,6-7H2. The molecule has 2 rings (SSSR count). The molecule has 78 valence electrons. The van der Waals surface area contributed by atoms with Gasteiger partial charge in [0.25, 0.3) is 0 Å². The Balaban J connectivity index is 2.34. The Morgan fingerprint density at radius 1 is 1.27 bits per heavy atom. The Bertz CT molecular complexity index is 424. The molecule has 0 unspecified atom stereocenters.